The van der Waals surface area contributed by atoms with E-state index in [4.69, 9.17) is 10.6 Å². The van der Waals surface area contributed by atoms with E-state index >= 15 is 0 Å². The number of hydrogen-bond donors (Lipinski definition) is 2. The first-order valence-electron chi connectivity index (χ1n) is 4.84. The van der Waals surface area contributed by atoms with E-state index in [-0.39, 0.29) is 0 Å². The van der Waals surface area contributed by atoms with Crippen molar-refractivity contribution in [1.29, 1.82) is 0 Å². The molecule has 1 amide bonds. The molecule has 0 saturated carbocycles. The van der Waals surface area contributed by atoms with Gasteiger partial charge in [0.1, 0.15) is 0 Å². The zero-order valence-corrected chi connectivity index (χ0v) is 9.81. The molecule has 1 aromatic carbocycles. The van der Waals surface area contributed by atoms with E-state index in [9.17, 15) is 9.36 Å². The third kappa shape index (κ3) is 3.10. The zero-order valence-electron chi connectivity index (χ0n) is 8.92. The van der Waals surface area contributed by atoms with Gasteiger partial charge in [0.15, 0.2) is 5.30 Å². The van der Waals surface area contributed by atoms with Gasteiger partial charge in [-0.05, 0) is 19.1 Å². The van der Waals surface area contributed by atoms with E-state index in [1.165, 1.54) is 0 Å². The molecule has 0 spiro atoms. The van der Waals surface area contributed by atoms with Crippen molar-refractivity contribution in [2.45, 2.75) is 12.8 Å². The van der Waals surface area contributed by atoms with Gasteiger partial charge in [0.2, 0.25) is 0 Å². The van der Waals surface area contributed by atoms with Crippen LogP contribution in [0.4, 0.5) is 0 Å². The Hall–Kier alpha value is -1.29. The number of hydrazine groups is 1. The summed E-state index contributed by atoms with van der Waals surface area (Å²) < 4.78 is 17.2. The first-order valence-corrected chi connectivity index (χ1v) is 6.17. The molecule has 0 saturated heterocycles. The Kier molecular flexibility index (Phi) is 5.05. The van der Waals surface area contributed by atoms with E-state index < -0.39 is 19.6 Å². The second-order valence-electron chi connectivity index (χ2n) is 2.98. The van der Waals surface area contributed by atoms with Gasteiger partial charge in [0, 0.05) is 6.61 Å². The molecule has 86 valence electrons. The molecule has 0 heterocycles. The van der Waals surface area contributed by atoms with Crippen LogP contribution in [0.5, 0.6) is 0 Å². The maximum atomic E-state index is 12.0. The monoisotopic (exact) mass is 241 g/mol. The minimum atomic E-state index is -1.95. The standard InChI is InChI=1S/C10H13N2O3P/c1-2-15-10(9(13)12-11)16(14)8-6-4-3-5-7-8/h3-7,10H,2,11H2,1H3/p+1. The summed E-state index contributed by atoms with van der Waals surface area (Å²) in [5, 5.41) is 0.569. The molecule has 5 nitrogen and oxygen atoms in total. The Morgan fingerprint density at radius 3 is 2.62 bits per heavy atom. The summed E-state index contributed by atoms with van der Waals surface area (Å²) in [5.41, 5.74) is 1.95. The summed E-state index contributed by atoms with van der Waals surface area (Å²) >= 11 is 0. The molecule has 0 aromatic heterocycles. The summed E-state index contributed by atoms with van der Waals surface area (Å²) in [4.78, 5) is 11.4. The summed E-state index contributed by atoms with van der Waals surface area (Å²) in [5.74, 6) is 3.40. The Morgan fingerprint density at radius 2 is 2.12 bits per heavy atom. The summed E-state index contributed by atoms with van der Waals surface area (Å²) in [6.07, 6.45) is 0. The number of nitrogens with one attached hydrogen (secondary N) is 1. The molecule has 0 bridgehead atoms. The molecule has 0 fully saturated rings. The minimum absolute atomic E-state index is 0.298. The Balaban J connectivity index is 2.87. The highest BCUT2D eigenvalue weighted by Crippen LogP contribution is 2.28. The highest BCUT2D eigenvalue weighted by atomic mass is 31.1. The van der Waals surface area contributed by atoms with Gasteiger partial charge in [-0.1, -0.05) is 22.8 Å². The maximum Gasteiger partial charge on any atom is 0.419 e. The predicted molar refractivity (Wildman–Crippen MR) is 61.4 cm³/mol. The molecule has 16 heavy (non-hydrogen) atoms. The highest BCUT2D eigenvalue weighted by molar-refractivity contribution is 7.55. The van der Waals surface area contributed by atoms with Gasteiger partial charge in [0.05, 0.1) is 0 Å². The van der Waals surface area contributed by atoms with Crippen LogP contribution in [0.15, 0.2) is 30.3 Å². The number of carbonyl (C=O) groups is 1. The molecule has 0 aliphatic rings. The van der Waals surface area contributed by atoms with Crippen LogP contribution >= 0.6 is 7.80 Å². The van der Waals surface area contributed by atoms with E-state index in [0.717, 1.165) is 0 Å². The molecule has 0 radical (unpaired) electrons. The minimum Gasteiger partial charge on any atom is -0.328 e. The molecular weight excluding hydrogens is 227 g/mol. The van der Waals surface area contributed by atoms with Crippen molar-refractivity contribution in [2.75, 3.05) is 6.61 Å². The topological polar surface area (TPSA) is 81.4 Å². The van der Waals surface area contributed by atoms with Gasteiger partial charge in [-0.25, -0.2) is 5.84 Å². The van der Waals surface area contributed by atoms with Crippen molar-refractivity contribution in [3.05, 3.63) is 30.3 Å². The number of nitrogens with two attached hydrogens (primary N) is 1. The van der Waals surface area contributed by atoms with Crippen LogP contribution in [0.2, 0.25) is 0 Å². The average molecular weight is 241 g/mol. The Morgan fingerprint density at radius 1 is 1.50 bits per heavy atom. The van der Waals surface area contributed by atoms with Crippen molar-refractivity contribution in [3.8, 4) is 0 Å². The van der Waals surface area contributed by atoms with Crippen molar-refractivity contribution in [2.24, 2.45) is 5.84 Å². The number of hydrogen-bond acceptors (Lipinski definition) is 4. The number of ether oxygens (including phenoxy) is 1. The average Bonchev–Trinajstić information content (AvgIpc) is 2.35. The van der Waals surface area contributed by atoms with Crippen LogP contribution in [0.25, 0.3) is 0 Å². The quantitative estimate of drug-likeness (QED) is 0.340. The second-order valence-corrected chi connectivity index (χ2v) is 4.61. The Labute approximate surface area is 94.7 Å². The fraction of sp³-hybridized carbons (Fsp3) is 0.300. The van der Waals surface area contributed by atoms with Crippen LogP contribution in [-0.4, -0.2) is 18.4 Å². The first-order chi connectivity index (χ1) is 7.70. The van der Waals surface area contributed by atoms with Crippen molar-refractivity contribution in [3.63, 3.8) is 0 Å². The molecule has 3 N–H and O–H groups in total. The van der Waals surface area contributed by atoms with Gasteiger partial charge < -0.3 is 4.74 Å². The van der Waals surface area contributed by atoms with E-state index in [0.29, 0.717) is 11.9 Å². The van der Waals surface area contributed by atoms with E-state index in [2.05, 4.69) is 0 Å². The lowest BCUT2D eigenvalue weighted by molar-refractivity contribution is -0.127. The number of amides is 1. The fourth-order valence-corrected chi connectivity index (χ4v) is 2.50. The van der Waals surface area contributed by atoms with Crippen LogP contribution < -0.4 is 16.6 Å². The molecular formula is C10H14N2O3P+. The van der Waals surface area contributed by atoms with Crippen LogP contribution in [0.3, 0.4) is 0 Å². The number of rotatable bonds is 5. The zero-order chi connectivity index (χ0) is 12.0. The van der Waals surface area contributed by atoms with E-state index in [1.54, 1.807) is 31.2 Å². The maximum absolute atomic E-state index is 12.0. The van der Waals surface area contributed by atoms with Crippen LogP contribution in [0.1, 0.15) is 6.92 Å². The van der Waals surface area contributed by atoms with Gasteiger partial charge in [-0.2, -0.15) is 0 Å². The summed E-state index contributed by atoms with van der Waals surface area (Å²) in [6.45, 7) is 2.02. The third-order valence-corrected chi connectivity index (χ3v) is 3.53. The third-order valence-electron chi connectivity index (χ3n) is 1.91. The SMILES string of the molecule is CCOC(C(=O)NN)[P+](=O)c1ccccc1. The van der Waals surface area contributed by atoms with Crippen LogP contribution in [0, 0.1) is 0 Å². The Bertz CT molecular complexity index is 370. The lowest BCUT2D eigenvalue weighted by atomic mass is 10.4. The van der Waals surface area contributed by atoms with E-state index in [1.807, 2.05) is 11.5 Å². The molecule has 1 rings (SSSR count). The lowest BCUT2D eigenvalue weighted by Crippen LogP contribution is -2.39. The normalized spacial score (nSPS) is 13.0. The largest absolute Gasteiger partial charge is 0.419 e. The molecule has 0 aliphatic heterocycles. The highest BCUT2D eigenvalue weighted by Gasteiger charge is 2.39. The van der Waals surface area contributed by atoms with Crippen molar-refractivity contribution in [1.82, 2.24) is 5.43 Å². The van der Waals surface area contributed by atoms with Gasteiger partial charge in [-0.3, -0.25) is 10.2 Å². The van der Waals surface area contributed by atoms with Crippen LogP contribution in [-0.2, 0) is 14.1 Å². The smallest absolute Gasteiger partial charge is 0.328 e. The number of benzene rings is 1. The lowest BCUT2D eigenvalue weighted by Gasteiger charge is -2.05. The fourth-order valence-electron chi connectivity index (χ4n) is 1.19. The van der Waals surface area contributed by atoms with Gasteiger partial charge >= 0.3 is 19.6 Å². The molecule has 1 aromatic rings. The predicted octanol–water partition coefficient (Wildman–Crippen LogP) is 0.492. The molecule has 2 unspecified atom stereocenters. The molecule has 0 aliphatic carbocycles. The van der Waals surface area contributed by atoms with Crippen molar-refractivity contribution < 1.29 is 14.1 Å². The summed E-state index contributed by atoms with van der Waals surface area (Å²) in [6, 6.07) is 8.70. The number of carbonyl (C=O) groups excluding carboxylic acids is 1. The molecule has 2 atom stereocenters. The summed E-state index contributed by atoms with van der Waals surface area (Å²) in [7, 11) is -1.95. The van der Waals surface area contributed by atoms with Crippen molar-refractivity contribution >= 4 is 19.0 Å². The molecule has 6 heteroatoms. The van der Waals surface area contributed by atoms with Gasteiger partial charge in [-0.15, -0.1) is 0 Å². The second kappa shape index (κ2) is 6.33. The first kappa shape index (κ1) is 12.8. The van der Waals surface area contributed by atoms with Gasteiger partial charge in [0.25, 0.3) is 0 Å².